The highest BCUT2D eigenvalue weighted by Gasteiger charge is 2.17. The van der Waals surface area contributed by atoms with Crippen molar-refractivity contribution in [2.24, 2.45) is 0 Å². The lowest BCUT2D eigenvalue weighted by Gasteiger charge is -2.18. The minimum absolute atomic E-state index is 0.0451. The van der Waals surface area contributed by atoms with Crippen LogP contribution in [0.3, 0.4) is 0 Å². The number of carbonyl (C=O) groups excluding carboxylic acids is 2. The molecule has 2 aromatic rings. The first-order valence-electron chi connectivity index (χ1n) is 9.09. The second-order valence-corrected chi connectivity index (χ2v) is 6.33. The first-order chi connectivity index (χ1) is 13.9. The molecule has 1 atom stereocenters. The molecule has 2 N–H and O–H groups in total. The van der Waals surface area contributed by atoms with Gasteiger partial charge in [0.15, 0.2) is 11.5 Å². The molecule has 2 aromatic carbocycles. The van der Waals surface area contributed by atoms with Crippen LogP contribution in [0.5, 0.6) is 11.5 Å². The molecule has 0 aliphatic heterocycles. The summed E-state index contributed by atoms with van der Waals surface area (Å²) < 4.78 is 34.2. The molecular formula is C21H24F2N2O4. The van der Waals surface area contributed by atoms with Gasteiger partial charge in [0.1, 0.15) is 0 Å². The number of amides is 2. The van der Waals surface area contributed by atoms with Crippen molar-refractivity contribution in [2.75, 3.05) is 13.7 Å². The molecule has 2 rings (SSSR count). The number of ether oxygens (including phenoxy) is 2. The van der Waals surface area contributed by atoms with Gasteiger partial charge in [0, 0.05) is 13.5 Å². The number of halogens is 2. The zero-order chi connectivity index (χ0) is 21.2. The normalized spacial score (nSPS) is 11.6. The Balaban J connectivity index is 1.90. The van der Waals surface area contributed by atoms with E-state index in [4.69, 9.17) is 4.74 Å². The molecule has 6 nitrogen and oxygen atoms in total. The minimum Gasteiger partial charge on any atom is -0.493 e. The summed E-state index contributed by atoms with van der Waals surface area (Å²) >= 11 is 0. The second-order valence-electron chi connectivity index (χ2n) is 6.33. The van der Waals surface area contributed by atoms with Crippen LogP contribution < -0.4 is 20.1 Å². The standard InChI is InChI=1S/C21H24F2N2O4/c1-14(26)25-17(16-6-4-3-5-7-16)13-20(27)24-11-10-15-8-9-18(29-21(22)23)19(12-15)28-2/h3-9,12,17,21H,10-11,13H2,1-2H3,(H,24,27)(H,25,26)/t17-/m1/s1. The van der Waals surface area contributed by atoms with E-state index in [1.54, 1.807) is 12.1 Å². The summed E-state index contributed by atoms with van der Waals surface area (Å²) in [5, 5.41) is 5.59. The number of hydrogen-bond donors (Lipinski definition) is 2. The van der Waals surface area contributed by atoms with E-state index in [0.717, 1.165) is 11.1 Å². The van der Waals surface area contributed by atoms with Crippen molar-refractivity contribution in [1.82, 2.24) is 10.6 Å². The quantitative estimate of drug-likeness (QED) is 0.635. The number of methoxy groups -OCH3 is 1. The van der Waals surface area contributed by atoms with Gasteiger partial charge in [0.2, 0.25) is 11.8 Å². The van der Waals surface area contributed by atoms with Crippen molar-refractivity contribution < 1.29 is 27.8 Å². The predicted octanol–water partition coefficient (Wildman–Crippen LogP) is 3.22. The minimum atomic E-state index is -2.93. The van der Waals surface area contributed by atoms with Crippen molar-refractivity contribution in [1.29, 1.82) is 0 Å². The Morgan fingerprint density at radius 3 is 2.41 bits per heavy atom. The molecule has 0 bridgehead atoms. The van der Waals surface area contributed by atoms with Gasteiger partial charge < -0.3 is 20.1 Å². The van der Waals surface area contributed by atoms with Gasteiger partial charge >= 0.3 is 6.61 Å². The van der Waals surface area contributed by atoms with Crippen molar-refractivity contribution in [2.45, 2.75) is 32.4 Å². The lowest BCUT2D eigenvalue weighted by atomic mass is 10.0. The van der Waals surface area contributed by atoms with E-state index in [1.165, 1.54) is 20.1 Å². The average molecular weight is 406 g/mol. The van der Waals surface area contributed by atoms with Crippen LogP contribution >= 0.6 is 0 Å². The van der Waals surface area contributed by atoms with E-state index >= 15 is 0 Å². The van der Waals surface area contributed by atoms with Gasteiger partial charge in [-0.05, 0) is 29.7 Å². The van der Waals surface area contributed by atoms with Crippen molar-refractivity contribution in [3.05, 3.63) is 59.7 Å². The van der Waals surface area contributed by atoms with Crippen LogP contribution in [0.4, 0.5) is 8.78 Å². The van der Waals surface area contributed by atoms with E-state index in [2.05, 4.69) is 15.4 Å². The van der Waals surface area contributed by atoms with Crippen LogP contribution in [0.2, 0.25) is 0 Å². The number of alkyl halides is 2. The van der Waals surface area contributed by atoms with Crippen LogP contribution in [0.1, 0.15) is 30.5 Å². The lowest BCUT2D eigenvalue weighted by molar-refractivity contribution is -0.122. The number of benzene rings is 2. The predicted molar refractivity (Wildman–Crippen MR) is 104 cm³/mol. The van der Waals surface area contributed by atoms with E-state index in [9.17, 15) is 18.4 Å². The van der Waals surface area contributed by atoms with Crippen molar-refractivity contribution in [3.63, 3.8) is 0 Å². The Labute approximate surface area is 168 Å². The molecule has 2 amide bonds. The molecule has 0 aliphatic rings. The van der Waals surface area contributed by atoms with Gasteiger partial charge in [-0.2, -0.15) is 8.78 Å². The number of rotatable bonds is 10. The van der Waals surface area contributed by atoms with Gasteiger partial charge in [-0.15, -0.1) is 0 Å². The summed E-state index contributed by atoms with van der Waals surface area (Å²) in [5.74, 6) is -0.276. The van der Waals surface area contributed by atoms with E-state index in [1.807, 2.05) is 30.3 Å². The van der Waals surface area contributed by atoms with Crippen LogP contribution in [0, 0.1) is 0 Å². The molecule has 0 aliphatic carbocycles. The molecule has 0 fully saturated rings. The topological polar surface area (TPSA) is 76.7 Å². The van der Waals surface area contributed by atoms with Crippen LogP contribution in [0.25, 0.3) is 0 Å². The van der Waals surface area contributed by atoms with Crippen LogP contribution in [-0.4, -0.2) is 32.1 Å². The summed E-state index contributed by atoms with van der Waals surface area (Å²) in [7, 11) is 1.37. The van der Waals surface area contributed by atoms with Gasteiger partial charge in [0.25, 0.3) is 0 Å². The van der Waals surface area contributed by atoms with Gasteiger partial charge in [0.05, 0.1) is 19.6 Å². The first kappa shape index (κ1) is 22.1. The largest absolute Gasteiger partial charge is 0.493 e. The third-order valence-electron chi connectivity index (χ3n) is 4.15. The molecule has 0 saturated heterocycles. The summed E-state index contributed by atoms with van der Waals surface area (Å²) in [5.41, 5.74) is 1.64. The maximum Gasteiger partial charge on any atom is 0.387 e. The van der Waals surface area contributed by atoms with E-state index < -0.39 is 12.7 Å². The fourth-order valence-electron chi connectivity index (χ4n) is 2.85. The molecule has 0 unspecified atom stereocenters. The molecule has 29 heavy (non-hydrogen) atoms. The lowest BCUT2D eigenvalue weighted by Crippen LogP contribution is -2.33. The highest BCUT2D eigenvalue weighted by molar-refractivity contribution is 5.79. The number of carbonyl (C=O) groups is 2. The smallest absolute Gasteiger partial charge is 0.387 e. The van der Waals surface area contributed by atoms with Gasteiger partial charge in [-0.25, -0.2) is 0 Å². The molecule has 0 heterocycles. The molecule has 0 spiro atoms. The Bertz CT molecular complexity index is 816. The maximum absolute atomic E-state index is 12.4. The Kier molecular flexibility index (Phi) is 8.39. The van der Waals surface area contributed by atoms with Gasteiger partial charge in [-0.3, -0.25) is 9.59 Å². The highest BCUT2D eigenvalue weighted by Crippen LogP contribution is 2.29. The van der Waals surface area contributed by atoms with Gasteiger partial charge in [-0.1, -0.05) is 36.4 Å². The van der Waals surface area contributed by atoms with E-state index in [-0.39, 0.29) is 29.7 Å². The molecule has 0 aromatic heterocycles. The number of hydrogen-bond acceptors (Lipinski definition) is 4. The third kappa shape index (κ3) is 7.40. The molecule has 156 valence electrons. The summed E-state index contributed by atoms with van der Waals surface area (Å²) in [6, 6.07) is 13.5. The molecule has 0 radical (unpaired) electrons. The molecule has 8 heteroatoms. The average Bonchev–Trinajstić information content (AvgIpc) is 2.68. The fraction of sp³-hybridized carbons (Fsp3) is 0.333. The maximum atomic E-state index is 12.4. The number of nitrogens with one attached hydrogen (secondary N) is 2. The van der Waals surface area contributed by atoms with Crippen molar-refractivity contribution >= 4 is 11.8 Å². The van der Waals surface area contributed by atoms with Crippen LogP contribution in [0.15, 0.2) is 48.5 Å². The second kappa shape index (κ2) is 11.0. The SMILES string of the molecule is COc1cc(CCNC(=O)C[C@@H](NC(C)=O)c2ccccc2)ccc1OC(F)F. The fourth-order valence-corrected chi connectivity index (χ4v) is 2.85. The Hall–Kier alpha value is -3.16. The summed E-state index contributed by atoms with van der Waals surface area (Å²) in [4.78, 5) is 23.8. The van der Waals surface area contributed by atoms with E-state index in [0.29, 0.717) is 13.0 Å². The molecule has 0 saturated carbocycles. The third-order valence-corrected chi connectivity index (χ3v) is 4.15. The molecular weight excluding hydrogens is 382 g/mol. The Morgan fingerprint density at radius 1 is 1.07 bits per heavy atom. The first-order valence-corrected chi connectivity index (χ1v) is 9.09. The highest BCUT2D eigenvalue weighted by atomic mass is 19.3. The summed E-state index contributed by atoms with van der Waals surface area (Å²) in [6.45, 7) is -1.18. The zero-order valence-electron chi connectivity index (χ0n) is 16.3. The monoisotopic (exact) mass is 406 g/mol. The Morgan fingerprint density at radius 2 is 1.79 bits per heavy atom. The summed E-state index contributed by atoms with van der Waals surface area (Å²) in [6.07, 6.45) is 0.585. The van der Waals surface area contributed by atoms with Crippen molar-refractivity contribution in [3.8, 4) is 11.5 Å². The van der Waals surface area contributed by atoms with Crippen LogP contribution in [-0.2, 0) is 16.0 Å². The zero-order valence-corrected chi connectivity index (χ0v) is 16.3.